The minimum absolute atomic E-state index is 0.118. The molecule has 0 atom stereocenters. The molecular weight excluding hydrogens is 366 g/mol. The lowest BCUT2D eigenvalue weighted by Gasteiger charge is -2.11. The van der Waals surface area contributed by atoms with Gasteiger partial charge in [-0.2, -0.15) is 5.10 Å². The molecule has 4 heterocycles. The lowest BCUT2D eigenvalue weighted by Crippen LogP contribution is -2.07. The highest BCUT2D eigenvalue weighted by atomic mass is 35.5. The van der Waals surface area contributed by atoms with Crippen molar-refractivity contribution in [2.24, 2.45) is 0 Å². The van der Waals surface area contributed by atoms with Gasteiger partial charge in [-0.1, -0.05) is 11.6 Å². The third kappa shape index (κ3) is 2.51. The van der Waals surface area contributed by atoms with E-state index in [1.807, 2.05) is 25.3 Å². The SMILES string of the molecule is Cc1ccn(-c2nc3[nH]ccc(=O)c3cc2-c2cc(Cl)c3ncoc3c2)n1. The zero-order valence-corrected chi connectivity index (χ0v) is 14.9. The summed E-state index contributed by atoms with van der Waals surface area (Å²) in [6, 6.07) is 8.76. The smallest absolute Gasteiger partial charge is 0.191 e. The predicted molar refractivity (Wildman–Crippen MR) is 102 cm³/mol. The van der Waals surface area contributed by atoms with Crippen LogP contribution >= 0.6 is 11.6 Å². The van der Waals surface area contributed by atoms with Crippen LogP contribution in [-0.4, -0.2) is 24.7 Å². The average molecular weight is 378 g/mol. The number of aromatic nitrogens is 5. The Morgan fingerprint density at radius 1 is 1.22 bits per heavy atom. The van der Waals surface area contributed by atoms with Crippen molar-refractivity contribution in [3.8, 4) is 16.9 Å². The maximum absolute atomic E-state index is 12.3. The van der Waals surface area contributed by atoms with Crippen LogP contribution in [0.15, 0.2) is 58.3 Å². The number of aryl methyl sites for hydroxylation is 1. The molecule has 0 bridgehead atoms. The Kier molecular flexibility index (Phi) is 3.38. The summed E-state index contributed by atoms with van der Waals surface area (Å²) in [5.41, 5.74) is 3.83. The molecule has 1 N–H and O–H groups in total. The van der Waals surface area contributed by atoms with Gasteiger partial charge in [-0.05, 0) is 36.8 Å². The van der Waals surface area contributed by atoms with E-state index in [2.05, 4.69) is 20.1 Å². The molecule has 27 heavy (non-hydrogen) atoms. The summed E-state index contributed by atoms with van der Waals surface area (Å²) in [4.78, 5) is 24.1. The average Bonchev–Trinajstić information content (AvgIpc) is 3.30. The lowest BCUT2D eigenvalue weighted by atomic mass is 10.0. The molecule has 0 unspecified atom stereocenters. The summed E-state index contributed by atoms with van der Waals surface area (Å²) in [5.74, 6) is 0.576. The number of nitrogens with zero attached hydrogens (tertiary/aromatic N) is 4. The van der Waals surface area contributed by atoms with Gasteiger partial charge in [0.25, 0.3) is 0 Å². The fourth-order valence-corrected chi connectivity index (χ4v) is 3.35. The molecule has 132 valence electrons. The minimum Gasteiger partial charge on any atom is -0.443 e. The molecule has 7 nitrogen and oxygen atoms in total. The van der Waals surface area contributed by atoms with Crippen molar-refractivity contribution in [3.63, 3.8) is 0 Å². The summed E-state index contributed by atoms with van der Waals surface area (Å²) < 4.78 is 7.09. The summed E-state index contributed by atoms with van der Waals surface area (Å²) in [6.07, 6.45) is 4.75. The molecule has 0 aliphatic rings. The first-order valence-electron chi connectivity index (χ1n) is 8.18. The molecule has 0 aliphatic heterocycles. The van der Waals surface area contributed by atoms with Gasteiger partial charge in [0.2, 0.25) is 0 Å². The standard InChI is InChI=1S/C19H12ClN5O2/c1-10-3-5-25(24-10)19-12(8-13-15(26)2-4-21-18(13)23-19)11-6-14(20)17-16(7-11)27-9-22-17/h2-9H,1H3,(H,21,23,26). The van der Waals surface area contributed by atoms with Gasteiger partial charge in [-0.15, -0.1) is 0 Å². The van der Waals surface area contributed by atoms with Crippen LogP contribution < -0.4 is 5.43 Å². The fourth-order valence-electron chi connectivity index (χ4n) is 3.09. The Hall–Kier alpha value is -3.45. The van der Waals surface area contributed by atoms with Crippen molar-refractivity contribution in [2.45, 2.75) is 6.92 Å². The molecule has 1 aromatic carbocycles. The molecule has 0 radical (unpaired) electrons. The van der Waals surface area contributed by atoms with Crippen LogP contribution in [0.25, 0.3) is 39.1 Å². The van der Waals surface area contributed by atoms with Gasteiger partial charge >= 0.3 is 0 Å². The Bertz CT molecular complexity index is 1380. The van der Waals surface area contributed by atoms with Crippen LogP contribution in [0.1, 0.15) is 5.69 Å². The van der Waals surface area contributed by atoms with Gasteiger partial charge in [0.05, 0.1) is 16.1 Å². The van der Waals surface area contributed by atoms with Crippen LogP contribution in [0.4, 0.5) is 0 Å². The highest BCUT2D eigenvalue weighted by Crippen LogP contribution is 2.33. The van der Waals surface area contributed by atoms with E-state index in [4.69, 9.17) is 16.0 Å². The van der Waals surface area contributed by atoms with E-state index < -0.39 is 0 Å². The van der Waals surface area contributed by atoms with Crippen LogP contribution in [0.3, 0.4) is 0 Å². The Balaban J connectivity index is 1.88. The normalized spacial score (nSPS) is 11.5. The van der Waals surface area contributed by atoms with Gasteiger partial charge < -0.3 is 9.40 Å². The topological polar surface area (TPSA) is 89.6 Å². The Morgan fingerprint density at radius 2 is 2.11 bits per heavy atom. The van der Waals surface area contributed by atoms with Gasteiger partial charge in [0.1, 0.15) is 11.2 Å². The maximum atomic E-state index is 12.3. The van der Waals surface area contributed by atoms with Crippen LogP contribution in [0.2, 0.25) is 5.02 Å². The first kappa shape index (κ1) is 15.8. The molecule has 4 aromatic heterocycles. The molecule has 0 aliphatic carbocycles. The third-order valence-corrected chi connectivity index (χ3v) is 4.65. The lowest BCUT2D eigenvalue weighted by molar-refractivity contribution is 0.602. The summed E-state index contributed by atoms with van der Waals surface area (Å²) in [5, 5.41) is 5.40. The summed E-state index contributed by atoms with van der Waals surface area (Å²) in [7, 11) is 0. The zero-order chi connectivity index (χ0) is 18.5. The van der Waals surface area contributed by atoms with Gasteiger partial charge in [-0.25, -0.2) is 14.6 Å². The second-order valence-corrected chi connectivity index (χ2v) is 6.56. The molecule has 5 rings (SSSR count). The van der Waals surface area contributed by atoms with Gasteiger partial charge in [0.15, 0.2) is 23.2 Å². The fraction of sp³-hybridized carbons (Fsp3) is 0.0526. The van der Waals surface area contributed by atoms with Crippen LogP contribution in [-0.2, 0) is 0 Å². The van der Waals surface area contributed by atoms with Crippen LogP contribution in [0, 0.1) is 6.92 Å². The minimum atomic E-state index is -0.118. The van der Waals surface area contributed by atoms with Crippen molar-refractivity contribution < 1.29 is 4.42 Å². The number of hydrogen-bond acceptors (Lipinski definition) is 5. The van der Waals surface area contributed by atoms with Crippen molar-refractivity contribution in [3.05, 3.63) is 70.1 Å². The number of rotatable bonds is 2. The molecule has 0 saturated heterocycles. The number of nitrogens with one attached hydrogen (secondary N) is 1. The number of oxazole rings is 1. The number of benzene rings is 1. The zero-order valence-electron chi connectivity index (χ0n) is 14.1. The number of pyridine rings is 2. The number of hydrogen-bond donors (Lipinski definition) is 1. The second-order valence-electron chi connectivity index (χ2n) is 6.16. The van der Waals surface area contributed by atoms with Gasteiger partial charge in [0, 0.05) is 24.0 Å². The summed E-state index contributed by atoms with van der Waals surface area (Å²) in [6.45, 7) is 1.90. The first-order chi connectivity index (χ1) is 13.1. The van der Waals surface area contributed by atoms with Crippen molar-refractivity contribution >= 4 is 33.7 Å². The number of H-pyrrole nitrogens is 1. The summed E-state index contributed by atoms with van der Waals surface area (Å²) >= 11 is 6.37. The molecular formula is C19H12ClN5O2. The van der Waals surface area contributed by atoms with Crippen molar-refractivity contribution in [2.75, 3.05) is 0 Å². The first-order valence-corrected chi connectivity index (χ1v) is 8.56. The molecule has 0 saturated carbocycles. The number of fused-ring (bicyclic) bond motifs is 2. The quantitative estimate of drug-likeness (QED) is 0.504. The number of halogens is 1. The van der Waals surface area contributed by atoms with E-state index in [0.717, 1.165) is 11.3 Å². The largest absolute Gasteiger partial charge is 0.443 e. The van der Waals surface area contributed by atoms with E-state index in [1.165, 1.54) is 12.5 Å². The Morgan fingerprint density at radius 3 is 2.93 bits per heavy atom. The number of aromatic amines is 1. The Labute approximate surface area is 157 Å². The van der Waals surface area contributed by atoms with E-state index in [1.54, 1.807) is 23.0 Å². The molecule has 0 spiro atoms. The van der Waals surface area contributed by atoms with E-state index in [9.17, 15) is 4.79 Å². The molecule has 0 amide bonds. The van der Waals surface area contributed by atoms with E-state index in [-0.39, 0.29) is 5.43 Å². The van der Waals surface area contributed by atoms with E-state index in [0.29, 0.717) is 38.5 Å². The van der Waals surface area contributed by atoms with Crippen LogP contribution in [0.5, 0.6) is 0 Å². The second kappa shape index (κ2) is 5.78. The van der Waals surface area contributed by atoms with Gasteiger partial charge in [-0.3, -0.25) is 4.79 Å². The predicted octanol–water partition coefficient (Wildman–Crippen LogP) is 3.88. The molecule has 5 aromatic rings. The van der Waals surface area contributed by atoms with Crippen molar-refractivity contribution in [1.29, 1.82) is 0 Å². The van der Waals surface area contributed by atoms with E-state index >= 15 is 0 Å². The third-order valence-electron chi connectivity index (χ3n) is 4.36. The van der Waals surface area contributed by atoms with Crippen molar-refractivity contribution in [1.82, 2.24) is 24.7 Å². The molecule has 8 heteroatoms. The highest BCUT2D eigenvalue weighted by Gasteiger charge is 2.16. The molecule has 0 fully saturated rings. The highest BCUT2D eigenvalue weighted by molar-refractivity contribution is 6.35. The monoisotopic (exact) mass is 377 g/mol. The maximum Gasteiger partial charge on any atom is 0.191 e.